The molecule has 2 aromatic rings. The maximum atomic E-state index is 12.1. The van der Waals surface area contributed by atoms with E-state index in [9.17, 15) is 4.79 Å². The summed E-state index contributed by atoms with van der Waals surface area (Å²) in [4.78, 5) is 16.0. The summed E-state index contributed by atoms with van der Waals surface area (Å²) in [6.07, 6.45) is 1.63. The molecule has 0 aliphatic heterocycles. The predicted molar refractivity (Wildman–Crippen MR) is 70.2 cm³/mol. The van der Waals surface area contributed by atoms with Crippen LogP contribution in [0.25, 0.3) is 0 Å². The van der Waals surface area contributed by atoms with Crippen molar-refractivity contribution in [3.05, 3.63) is 45.5 Å². The largest absolute Gasteiger partial charge is 0.292 e. The maximum Gasteiger partial charge on any atom is 0.188 e. The molecule has 0 atom stereocenters. The number of pyridine rings is 1. The van der Waals surface area contributed by atoms with Gasteiger partial charge in [-0.3, -0.25) is 9.48 Å². The van der Waals surface area contributed by atoms with Gasteiger partial charge in [-0.15, -0.1) is 0 Å². The third-order valence-electron chi connectivity index (χ3n) is 2.51. The third kappa shape index (κ3) is 2.71. The lowest BCUT2D eigenvalue weighted by atomic mass is 10.1. The molecular formula is C12H11Cl2N3O. The molecule has 0 fully saturated rings. The number of nitrogens with zero attached hydrogens (tertiary/aromatic N) is 3. The normalized spacial score (nSPS) is 10.7. The molecule has 0 aliphatic carbocycles. The van der Waals surface area contributed by atoms with E-state index in [1.54, 1.807) is 11.7 Å². The zero-order valence-electron chi connectivity index (χ0n) is 9.94. The highest BCUT2D eigenvalue weighted by molar-refractivity contribution is 6.36. The first-order chi connectivity index (χ1) is 8.47. The van der Waals surface area contributed by atoms with E-state index in [-0.39, 0.29) is 22.9 Å². The van der Waals surface area contributed by atoms with Crippen LogP contribution in [-0.2, 0) is 13.5 Å². The van der Waals surface area contributed by atoms with Gasteiger partial charge in [0.1, 0.15) is 5.69 Å². The molecule has 94 valence electrons. The van der Waals surface area contributed by atoms with Crippen LogP contribution >= 0.6 is 23.2 Å². The number of hydrogen-bond donors (Lipinski definition) is 0. The van der Waals surface area contributed by atoms with Gasteiger partial charge in [0.05, 0.1) is 22.2 Å². The second-order valence-electron chi connectivity index (χ2n) is 3.98. The Bertz CT molecular complexity index is 607. The number of Topliss-reactive ketones (excluding diaryl/α,β-unsaturated/α-hetero) is 1. The first kappa shape index (κ1) is 13.1. The third-order valence-corrected chi connectivity index (χ3v) is 3.01. The van der Waals surface area contributed by atoms with Crippen molar-refractivity contribution in [1.82, 2.24) is 14.8 Å². The lowest BCUT2D eigenvalue weighted by molar-refractivity contribution is 0.0986. The highest BCUT2D eigenvalue weighted by Crippen LogP contribution is 2.20. The summed E-state index contributed by atoms with van der Waals surface area (Å²) >= 11 is 11.7. The minimum atomic E-state index is -0.153. The topological polar surface area (TPSA) is 47.8 Å². The summed E-state index contributed by atoms with van der Waals surface area (Å²) in [7, 11) is 1.80. The maximum absolute atomic E-state index is 12.1. The fourth-order valence-electron chi connectivity index (χ4n) is 1.70. The van der Waals surface area contributed by atoms with Gasteiger partial charge in [-0.2, -0.15) is 5.10 Å². The van der Waals surface area contributed by atoms with Crippen LogP contribution in [-0.4, -0.2) is 20.5 Å². The monoisotopic (exact) mass is 283 g/mol. The fraction of sp³-hybridized carbons (Fsp3) is 0.250. The van der Waals surface area contributed by atoms with E-state index < -0.39 is 0 Å². The van der Waals surface area contributed by atoms with Gasteiger partial charge in [0.2, 0.25) is 0 Å². The summed E-state index contributed by atoms with van der Waals surface area (Å²) in [5.41, 5.74) is 1.93. The SMILES string of the molecule is Cc1cc(CC(=O)c2ncc(Cl)cc2Cl)n(C)n1. The molecule has 0 saturated carbocycles. The molecule has 0 aromatic carbocycles. The van der Waals surface area contributed by atoms with Crippen molar-refractivity contribution in [2.75, 3.05) is 0 Å². The summed E-state index contributed by atoms with van der Waals surface area (Å²) < 4.78 is 1.68. The van der Waals surface area contributed by atoms with Crippen LogP contribution in [0, 0.1) is 6.92 Å². The van der Waals surface area contributed by atoms with Crippen LogP contribution in [0.4, 0.5) is 0 Å². The first-order valence-electron chi connectivity index (χ1n) is 5.31. The number of hydrogen-bond acceptors (Lipinski definition) is 3. The van der Waals surface area contributed by atoms with Crippen LogP contribution in [0.15, 0.2) is 18.3 Å². The minimum Gasteiger partial charge on any atom is -0.292 e. The molecule has 0 unspecified atom stereocenters. The minimum absolute atomic E-state index is 0.153. The zero-order valence-corrected chi connectivity index (χ0v) is 11.5. The van der Waals surface area contributed by atoms with Gasteiger partial charge in [0, 0.05) is 18.9 Å². The zero-order chi connectivity index (χ0) is 13.3. The Morgan fingerprint density at radius 2 is 2.11 bits per heavy atom. The molecule has 0 saturated heterocycles. The van der Waals surface area contributed by atoms with Gasteiger partial charge in [0.15, 0.2) is 5.78 Å². The Morgan fingerprint density at radius 1 is 1.39 bits per heavy atom. The molecule has 6 heteroatoms. The Morgan fingerprint density at radius 3 is 2.67 bits per heavy atom. The number of aryl methyl sites for hydroxylation is 2. The molecule has 0 N–H and O–H groups in total. The Hall–Kier alpha value is -1.39. The molecular weight excluding hydrogens is 273 g/mol. The number of rotatable bonds is 3. The Kier molecular flexibility index (Phi) is 3.68. The van der Waals surface area contributed by atoms with Gasteiger partial charge in [0.25, 0.3) is 0 Å². The Balaban J connectivity index is 2.24. The van der Waals surface area contributed by atoms with Gasteiger partial charge < -0.3 is 0 Å². The smallest absolute Gasteiger partial charge is 0.188 e. The van der Waals surface area contributed by atoms with E-state index in [0.29, 0.717) is 5.02 Å². The van der Waals surface area contributed by atoms with Crippen molar-refractivity contribution >= 4 is 29.0 Å². The summed E-state index contributed by atoms with van der Waals surface area (Å²) in [5.74, 6) is -0.153. The average molecular weight is 284 g/mol. The molecule has 0 bridgehead atoms. The molecule has 2 heterocycles. The number of ketones is 1. The van der Waals surface area contributed by atoms with Crippen LogP contribution in [0.5, 0.6) is 0 Å². The van der Waals surface area contributed by atoms with Crippen LogP contribution in [0.2, 0.25) is 10.0 Å². The quantitative estimate of drug-likeness (QED) is 0.814. The van der Waals surface area contributed by atoms with Gasteiger partial charge >= 0.3 is 0 Å². The molecule has 0 aliphatic rings. The first-order valence-corrected chi connectivity index (χ1v) is 6.06. The summed E-state index contributed by atoms with van der Waals surface area (Å²) in [6.45, 7) is 1.88. The number of halogens is 2. The van der Waals surface area contributed by atoms with Gasteiger partial charge in [-0.1, -0.05) is 23.2 Å². The van der Waals surface area contributed by atoms with E-state index in [1.807, 2.05) is 13.0 Å². The average Bonchev–Trinajstić information content (AvgIpc) is 2.57. The van der Waals surface area contributed by atoms with E-state index in [1.165, 1.54) is 12.3 Å². The van der Waals surface area contributed by atoms with Gasteiger partial charge in [-0.05, 0) is 19.1 Å². The summed E-state index contributed by atoms with van der Waals surface area (Å²) in [6, 6.07) is 3.37. The van der Waals surface area contributed by atoms with Crippen LogP contribution in [0.3, 0.4) is 0 Å². The van der Waals surface area contributed by atoms with Crippen LogP contribution < -0.4 is 0 Å². The molecule has 4 nitrogen and oxygen atoms in total. The molecule has 0 radical (unpaired) electrons. The van der Waals surface area contributed by atoms with Crippen molar-refractivity contribution < 1.29 is 4.79 Å². The molecule has 18 heavy (non-hydrogen) atoms. The number of aromatic nitrogens is 3. The Labute approximate surface area is 115 Å². The predicted octanol–water partition coefficient (Wildman–Crippen LogP) is 2.86. The van der Waals surface area contributed by atoms with E-state index in [0.717, 1.165) is 11.4 Å². The van der Waals surface area contributed by atoms with Crippen molar-refractivity contribution in [2.24, 2.45) is 7.05 Å². The summed E-state index contributed by atoms with van der Waals surface area (Å²) in [5, 5.41) is 4.86. The number of carbonyl (C=O) groups excluding carboxylic acids is 1. The van der Waals surface area contributed by atoms with Crippen molar-refractivity contribution in [3.8, 4) is 0 Å². The second kappa shape index (κ2) is 5.08. The number of carbonyl (C=O) groups is 1. The fourth-order valence-corrected chi connectivity index (χ4v) is 2.18. The van der Waals surface area contributed by atoms with Gasteiger partial charge in [-0.25, -0.2) is 4.98 Å². The van der Waals surface area contributed by atoms with Crippen molar-refractivity contribution in [3.63, 3.8) is 0 Å². The van der Waals surface area contributed by atoms with Crippen molar-refractivity contribution in [2.45, 2.75) is 13.3 Å². The second-order valence-corrected chi connectivity index (χ2v) is 4.83. The highest BCUT2D eigenvalue weighted by atomic mass is 35.5. The van der Waals surface area contributed by atoms with Crippen molar-refractivity contribution in [1.29, 1.82) is 0 Å². The highest BCUT2D eigenvalue weighted by Gasteiger charge is 2.15. The van der Waals surface area contributed by atoms with E-state index in [2.05, 4.69) is 10.1 Å². The standard InChI is InChI=1S/C12H11Cl2N3O/c1-7-3-9(17(2)16-7)5-11(18)12-10(14)4-8(13)6-15-12/h3-4,6H,5H2,1-2H3. The molecule has 2 aromatic heterocycles. The van der Waals surface area contributed by atoms with E-state index >= 15 is 0 Å². The molecule has 2 rings (SSSR count). The lowest BCUT2D eigenvalue weighted by Gasteiger charge is -2.03. The molecule has 0 amide bonds. The van der Waals surface area contributed by atoms with Crippen LogP contribution in [0.1, 0.15) is 21.9 Å². The molecule has 0 spiro atoms. The van der Waals surface area contributed by atoms with E-state index in [4.69, 9.17) is 23.2 Å². The lowest BCUT2D eigenvalue weighted by Crippen LogP contribution is -2.10.